The average Bonchev–Trinajstić information content (AvgIpc) is 2.57. The van der Waals surface area contributed by atoms with Crippen LogP contribution in [0.5, 0.6) is 0 Å². The predicted molar refractivity (Wildman–Crippen MR) is 89.8 cm³/mol. The van der Waals surface area contributed by atoms with Crippen LogP contribution in [0.1, 0.15) is 34.6 Å². The van der Waals surface area contributed by atoms with Crippen LogP contribution in [-0.2, 0) is 38.2 Å². The van der Waals surface area contributed by atoms with Crippen LogP contribution in [0, 0.1) is 5.41 Å². The van der Waals surface area contributed by atoms with Gasteiger partial charge in [-0.05, 0) is 34.6 Å². The Hall–Kier alpha value is -2.71. The first-order valence-corrected chi connectivity index (χ1v) is 8.08. The number of carbonyl (C=O) groups is 5. The topological polar surface area (TPSA) is 125 Å². The molecule has 1 atom stereocenters. The van der Waals surface area contributed by atoms with Crippen molar-refractivity contribution < 1.29 is 38.2 Å². The summed E-state index contributed by atoms with van der Waals surface area (Å²) in [5, 5.41) is 2.23. The highest BCUT2D eigenvalue weighted by atomic mass is 16.5. The molecular formula is C17H25NO8. The summed E-state index contributed by atoms with van der Waals surface area (Å²) in [6.07, 6.45) is 1.76. The summed E-state index contributed by atoms with van der Waals surface area (Å²) < 4.78 is 14.2. The first-order valence-electron chi connectivity index (χ1n) is 8.08. The Morgan fingerprint density at radius 2 is 1.42 bits per heavy atom. The summed E-state index contributed by atoms with van der Waals surface area (Å²) >= 11 is 0. The summed E-state index contributed by atoms with van der Waals surface area (Å²) in [7, 11) is 0. The second kappa shape index (κ2) is 11.0. The van der Waals surface area contributed by atoms with Crippen molar-refractivity contribution in [3.8, 4) is 0 Å². The number of amides is 1. The van der Waals surface area contributed by atoms with Crippen LogP contribution in [0.3, 0.4) is 0 Å². The van der Waals surface area contributed by atoms with E-state index in [0.29, 0.717) is 0 Å². The summed E-state index contributed by atoms with van der Waals surface area (Å²) in [6, 6.07) is -0.989. The van der Waals surface area contributed by atoms with E-state index in [4.69, 9.17) is 9.47 Å². The van der Waals surface area contributed by atoms with Crippen molar-refractivity contribution in [1.29, 1.82) is 0 Å². The van der Waals surface area contributed by atoms with Gasteiger partial charge in [-0.1, -0.05) is 0 Å². The first-order chi connectivity index (χ1) is 12.0. The minimum atomic E-state index is -1.33. The molecule has 0 aromatic carbocycles. The lowest BCUT2D eigenvalue weighted by Crippen LogP contribution is -2.48. The molecule has 9 nitrogen and oxygen atoms in total. The number of hydrogen-bond donors (Lipinski definition) is 1. The van der Waals surface area contributed by atoms with Gasteiger partial charge in [-0.3, -0.25) is 9.59 Å². The van der Waals surface area contributed by atoms with E-state index in [-0.39, 0.29) is 19.8 Å². The highest BCUT2D eigenvalue weighted by molar-refractivity contribution is 6.38. The Morgan fingerprint density at radius 1 is 0.923 bits per heavy atom. The molecule has 1 amide bonds. The van der Waals surface area contributed by atoms with Gasteiger partial charge in [-0.25, -0.2) is 14.4 Å². The van der Waals surface area contributed by atoms with Crippen molar-refractivity contribution in [2.75, 3.05) is 19.8 Å². The van der Waals surface area contributed by atoms with Gasteiger partial charge in [0.25, 0.3) is 5.91 Å². The molecule has 0 rings (SSSR count). The summed E-state index contributed by atoms with van der Waals surface area (Å²) in [5.74, 6) is -4.09. The largest absolute Gasteiger partial charge is 0.464 e. The molecule has 0 saturated carbocycles. The fourth-order valence-electron chi connectivity index (χ4n) is 1.59. The number of nitrogens with one attached hydrogen (secondary N) is 1. The first kappa shape index (κ1) is 23.3. The monoisotopic (exact) mass is 371 g/mol. The van der Waals surface area contributed by atoms with Crippen molar-refractivity contribution in [2.24, 2.45) is 5.41 Å². The molecule has 0 aromatic heterocycles. The molecule has 0 heterocycles. The average molecular weight is 371 g/mol. The molecule has 0 unspecified atom stereocenters. The predicted octanol–water partition coefficient (Wildman–Crippen LogP) is 0.312. The maximum atomic E-state index is 12.2. The smallest absolute Gasteiger partial charge is 0.331 e. The molecule has 0 radical (unpaired) electrons. The van der Waals surface area contributed by atoms with Crippen LogP contribution >= 0.6 is 0 Å². The van der Waals surface area contributed by atoms with Gasteiger partial charge < -0.3 is 19.5 Å². The fourth-order valence-corrected chi connectivity index (χ4v) is 1.59. The zero-order valence-corrected chi connectivity index (χ0v) is 15.6. The van der Waals surface area contributed by atoms with Crippen molar-refractivity contribution >= 4 is 29.6 Å². The Labute approximate surface area is 152 Å². The highest BCUT2D eigenvalue weighted by Crippen LogP contribution is 2.17. The third-order valence-corrected chi connectivity index (χ3v) is 3.03. The zero-order chi connectivity index (χ0) is 20.3. The molecular weight excluding hydrogens is 346 g/mol. The molecule has 0 saturated heterocycles. The van der Waals surface area contributed by atoms with E-state index in [9.17, 15) is 24.0 Å². The molecule has 0 aliphatic rings. The summed E-state index contributed by atoms with van der Waals surface area (Å²) in [6.45, 7) is 7.36. The standard InChI is InChI=1S/C17H25NO8/c1-6-24-12(19)8-9-13(20)26-10-17(4,5)14(21)15(22)18-11(3)16(23)25-7-2/h8-9,11H,6-7,10H2,1-5H3,(H,18,22)/b9-8+/t11-/m0/s1. The van der Waals surface area contributed by atoms with Gasteiger partial charge in [0.15, 0.2) is 0 Å². The van der Waals surface area contributed by atoms with Crippen molar-refractivity contribution in [3.63, 3.8) is 0 Å². The van der Waals surface area contributed by atoms with Crippen LogP contribution in [0.15, 0.2) is 12.2 Å². The number of esters is 3. The number of ketones is 1. The van der Waals surface area contributed by atoms with Gasteiger partial charge in [-0.2, -0.15) is 0 Å². The molecule has 0 fully saturated rings. The minimum absolute atomic E-state index is 0.147. The van der Waals surface area contributed by atoms with Crippen LogP contribution < -0.4 is 5.32 Å². The second-order valence-corrected chi connectivity index (χ2v) is 5.85. The fraction of sp³-hybridized carbons (Fsp3) is 0.588. The van der Waals surface area contributed by atoms with Gasteiger partial charge in [0.05, 0.1) is 18.6 Å². The lowest BCUT2D eigenvalue weighted by Gasteiger charge is -2.22. The SMILES string of the molecule is CCOC(=O)/C=C/C(=O)OCC(C)(C)C(=O)C(=O)N[C@@H](C)C(=O)OCC. The van der Waals surface area contributed by atoms with Gasteiger partial charge in [0.2, 0.25) is 5.78 Å². The normalized spacial score (nSPS) is 12.2. The van der Waals surface area contributed by atoms with Crippen LogP contribution in [0.4, 0.5) is 0 Å². The van der Waals surface area contributed by atoms with E-state index in [1.807, 2.05) is 0 Å². The number of carbonyl (C=O) groups excluding carboxylic acids is 5. The minimum Gasteiger partial charge on any atom is -0.464 e. The quantitative estimate of drug-likeness (QED) is 0.252. The van der Waals surface area contributed by atoms with E-state index >= 15 is 0 Å². The molecule has 0 aromatic rings. The lowest BCUT2D eigenvalue weighted by molar-refractivity contribution is -0.152. The van der Waals surface area contributed by atoms with E-state index < -0.39 is 41.1 Å². The Balaban J connectivity index is 4.62. The molecule has 0 bridgehead atoms. The maximum absolute atomic E-state index is 12.2. The Bertz CT molecular complexity index is 579. The molecule has 1 N–H and O–H groups in total. The van der Waals surface area contributed by atoms with E-state index in [1.54, 1.807) is 13.8 Å². The van der Waals surface area contributed by atoms with Crippen LogP contribution in [0.2, 0.25) is 0 Å². The molecule has 0 aliphatic carbocycles. The zero-order valence-electron chi connectivity index (χ0n) is 15.6. The van der Waals surface area contributed by atoms with E-state index in [2.05, 4.69) is 10.1 Å². The summed E-state index contributed by atoms with van der Waals surface area (Å²) in [4.78, 5) is 58.3. The number of rotatable bonds is 10. The van der Waals surface area contributed by atoms with Crippen molar-refractivity contribution in [1.82, 2.24) is 5.32 Å². The van der Waals surface area contributed by atoms with Crippen molar-refractivity contribution in [3.05, 3.63) is 12.2 Å². The van der Waals surface area contributed by atoms with Crippen LogP contribution in [0.25, 0.3) is 0 Å². The van der Waals surface area contributed by atoms with Gasteiger partial charge >= 0.3 is 17.9 Å². The number of hydrogen-bond acceptors (Lipinski definition) is 8. The Kier molecular flexibility index (Phi) is 9.86. The summed E-state index contributed by atoms with van der Waals surface area (Å²) in [5.41, 5.74) is -1.33. The third-order valence-electron chi connectivity index (χ3n) is 3.03. The number of ether oxygens (including phenoxy) is 3. The van der Waals surface area contributed by atoms with Gasteiger partial charge in [0.1, 0.15) is 12.6 Å². The molecule has 0 spiro atoms. The van der Waals surface area contributed by atoms with Crippen LogP contribution in [-0.4, -0.2) is 55.5 Å². The molecule has 26 heavy (non-hydrogen) atoms. The Morgan fingerprint density at radius 3 is 1.92 bits per heavy atom. The number of Topliss-reactive ketones (excluding diaryl/α,β-unsaturated/α-hetero) is 1. The maximum Gasteiger partial charge on any atom is 0.331 e. The molecule has 146 valence electrons. The van der Waals surface area contributed by atoms with Gasteiger partial charge in [-0.15, -0.1) is 0 Å². The molecule has 0 aliphatic heterocycles. The third kappa shape index (κ3) is 8.41. The second-order valence-electron chi connectivity index (χ2n) is 5.85. The van der Waals surface area contributed by atoms with Gasteiger partial charge in [0, 0.05) is 12.2 Å². The molecule has 9 heteroatoms. The van der Waals surface area contributed by atoms with E-state index in [0.717, 1.165) is 12.2 Å². The van der Waals surface area contributed by atoms with Crippen molar-refractivity contribution in [2.45, 2.75) is 40.7 Å². The van der Waals surface area contributed by atoms with E-state index in [1.165, 1.54) is 20.8 Å². The lowest BCUT2D eigenvalue weighted by atomic mass is 9.88. The highest BCUT2D eigenvalue weighted by Gasteiger charge is 2.35.